The van der Waals surface area contributed by atoms with Crippen LogP contribution in [0.1, 0.15) is 10.4 Å². The number of alkyl halides is 3. The standard InChI is InChI=1S/C9H5F3N2O2/c10-9(11,12)16-8(15)6-3-5-1-2-13-7(5)14-4-6/h1-4H,(H,13,14). The second kappa shape index (κ2) is 3.51. The molecule has 0 radical (unpaired) electrons. The largest absolute Gasteiger partial charge is 0.575 e. The van der Waals surface area contributed by atoms with Gasteiger partial charge in [-0.15, -0.1) is 13.2 Å². The van der Waals surface area contributed by atoms with Gasteiger partial charge in [-0.2, -0.15) is 0 Å². The summed E-state index contributed by atoms with van der Waals surface area (Å²) in [5.74, 6) is -1.47. The average Bonchev–Trinajstić information content (AvgIpc) is 2.61. The van der Waals surface area contributed by atoms with Gasteiger partial charge in [0.2, 0.25) is 0 Å². The highest BCUT2D eigenvalue weighted by molar-refractivity contribution is 5.93. The summed E-state index contributed by atoms with van der Waals surface area (Å²) in [6.07, 6.45) is -2.40. The van der Waals surface area contributed by atoms with Crippen LogP contribution in [0.4, 0.5) is 13.2 Å². The minimum atomic E-state index is -4.98. The molecule has 0 bridgehead atoms. The number of aromatic amines is 1. The van der Waals surface area contributed by atoms with Crippen LogP contribution >= 0.6 is 0 Å². The normalized spacial score (nSPS) is 11.7. The zero-order valence-electron chi connectivity index (χ0n) is 7.71. The fourth-order valence-electron chi connectivity index (χ4n) is 1.22. The highest BCUT2D eigenvalue weighted by Crippen LogP contribution is 2.19. The van der Waals surface area contributed by atoms with E-state index in [9.17, 15) is 18.0 Å². The summed E-state index contributed by atoms with van der Waals surface area (Å²) in [7, 11) is 0. The maximum Gasteiger partial charge on any atom is 0.575 e. The van der Waals surface area contributed by atoms with Gasteiger partial charge in [-0.25, -0.2) is 9.78 Å². The van der Waals surface area contributed by atoms with Gasteiger partial charge in [-0.05, 0) is 12.1 Å². The first kappa shape index (κ1) is 10.5. The second-order valence-corrected chi connectivity index (χ2v) is 2.97. The molecule has 0 amide bonds. The van der Waals surface area contributed by atoms with Gasteiger partial charge in [-0.3, -0.25) is 0 Å². The monoisotopic (exact) mass is 230 g/mol. The van der Waals surface area contributed by atoms with Crippen LogP contribution in [-0.4, -0.2) is 22.3 Å². The van der Waals surface area contributed by atoms with Crippen LogP contribution in [0, 0.1) is 0 Å². The van der Waals surface area contributed by atoms with E-state index in [-0.39, 0.29) is 5.56 Å². The molecule has 0 aliphatic carbocycles. The lowest BCUT2D eigenvalue weighted by molar-refractivity contribution is -0.291. The van der Waals surface area contributed by atoms with Gasteiger partial charge in [0.1, 0.15) is 5.65 Å². The van der Waals surface area contributed by atoms with Crippen LogP contribution in [0.3, 0.4) is 0 Å². The highest BCUT2D eigenvalue weighted by Gasteiger charge is 2.34. The van der Waals surface area contributed by atoms with Crippen molar-refractivity contribution in [3.05, 3.63) is 30.1 Å². The van der Waals surface area contributed by atoms with Gasteiger partial charge in [0.05, 0.1) is 5.56 Å². The van der Waals surface area contributed by atoms with Crippen molar-refractivity contribution in [3.63, 3.8) is 0 Å². The first-order valence-corrected chi connectivity index (χ1v) is 4.19. The molecule has 0 atom stereocenters. The van der Waals surface area contributed by atoms with Gasteiger partial charge in [0.15, 0.2) is 0 Å². The lowest BCUT2D eigenvalue weighted by Gasteiger charge is -2.06. The summed E-state index contributed by atoms with van der Waals surface area (Å²) in [6, 6.07) is 2.86. The van der Waals surface area contributed by atoms with E-state index in [1.54, 1.807) is 12.3 Å². The van der Waals surface area contributed by atoms with Crippen LogP contribution in [0.25, 0.3) is 11.0 Å². The van der Waals surface area contributed by atoms with Gasteiger partial charge in [-0.1, -0.05) is 0 Å². The third-order valence-corrected chi connectivity index (χ3v) is 1.84. The number of H-pyrrole nitrogens is 1. The molecule has 2 aromatic rings. The minimum absolute atomic E-state index is 0.246. The Balaban J connectivity index is 2.29. The van der Waals surface area contributed by atoms with E-state index in [2.05, 4.69) is 14.7 Å². The molecule has 0 spiro atoms. The fraction of sp³-hybridized carbons (Fsp3) is 0.111. The first-order chi connectivity index (χ1) is 7.46. The van der Waals surface area contributed by atoms with E-state index in [1.807, 2.05) is 0 Å². The van der Waals surface area contributed by atoms with Crippen LogP contribution in [0.5, 0.6) is 0 Å². The third-order valence-electron chi connectivity index (χ3n) is 1.84. The molecule has 4 nitrogen and oxygen atoms in total. The summed E-state index contributed by atoms with van der Waals surface area (Å²) in [5.41, 5.74) is 0.244. The van der Waals surface area contributed by atoms with E-state index in [0.29, 0.717) is 11.0 Å². The van der Waals surface area contributed by atoms with Gasteiger partial charge in [0.25, 0.3) is 0 Å². The van der Waals surface area contributed by atoms with E-state index < -0.39 is 12.3 Å². The van der Waals surface area contributed by atoms with E-state index in [1.165, 1.54) is 6.07 Å². The summed E-state index contributed by atoms with van der Waals surface area (Å²) >= 11 is 0. The molecule has 84 valence electrons. The number of esters is 1. The summed E-state index contributed by atoms with van der Waals surface area (Å²) < 4.78 is 38.6. The van der Waals surface area contributed by atoms with E-state index in [4.69, 9.17) is 0 Å². The average molecular weight is 230 g/mol. The number of rotatable bonds is 1. The Morgan fingerprint density at radius 3 is 2.88 bits per heavy atom. The van der Waals surface area contributed by atoms with Crippen molar-refractivity contribution < 1.29 is 22.7 Å². The topological polar surface area (TPSA) is 55.0 Å². The molecular weight excluding hydrogens is 225 g/mol. The molecule has 0 saturated heterocycles. The molecule has 16 heavy (non-hydrogen) atoms. The van der Waals surface area contributed by atoms with Crippen molar-refractivity contribution in [2.75, 3.05) is 0 Å². The summed E-state index contributed by atoms with van der Waals surface area (Å²) in [5, 5.41) is 0.539. The molecular formula is C9H5F3N2O2. The number of carbonyl (C=O) groups is 1. The quantitative estimate of drug-likeness (QED) is 0.764. The van der Waals surface area contributed by atoms with Crippen molar-refractivity contribution in [1.82, 2.24) is 9.97 Å². The number of ether oxygens (including phenoxy) is 1. The molecule has 7 heteroatoms. The van der Waals surface area contributed by atoms with E-state index in [0.717, 1.165) is 6.20 Å². The zero-order chi connectivity index (χ0) is 11.8. The highest BCUT2D eigenvalue weighted by atomic mass is 19.4. The van der Waals surface area contributed by atoms with E-state index >= 15 is 0 Å². The summed E-state index contributed by atoms with van der Waals surface area (Å²) in [6.45, 7) is 0. The number of fused-ring (bicyclic) bond motifs is 1. The predicted molar refractivity (Wildman–Crippen MR) is 47.6 cm³/mol. The molecule has 1 N–H and O–H groups in total. The number of carbonyl (C=O) groups excluding carboxylic acids is 1. The maximum absolute atomic E-state index is 11.8. The molecule has 2 aromatic heterocycles. The Kier molecular flexibility index (Phi) is 2.30. The fourth-order valence-corrected chi connectivity index (χ4v) is 1.22. The number of pyridine rings is 1. The SMILES string of the molecule is O=C(OC(F)(F)F)c1cnc2[nH]ccc2c1. The van der Waals surface area contributed by atoms with Crippen LogP contribution in [0.15, 0.2) is 24.5 Å². The Morgan fingerprint density at radius 1 is 1.44 bits per heavy atom. The molecule has 0 fully saturated rings. The Hall–Kier alpha value is -2.05. The lowest BCUT2D eigenvalue weighted by Crippen LogP contribution is -2.19. The van der Waals surface area contributed by atoms with Crippen molar-refractivity contribution >= 4 is 17.0 Å². The molecule has 0 aromatic carbocycles. The smallest absolute Gasteiger partial charge is 0.369 e. The van der Waals surface area contributed by atoms with Crippen molar-refractivity contribution in [3.8, 4) is 0 Å². The molecule has 2 rings (SSSR count). The molecule has 0 saturated carbocycles. The number of nitrogens with zero attached hydrogens (tertiary/aromatic N) is 1. The van der Waals surface area contributed by atoms with Crippen molar-refractivity contribution in [2.45, 2.75) is 6.36 Å². The van der Waals surface area contributed by atoms with Gasteiger partial charge in [0, 0.05) is 17.8 Å². The molecule has 0 aliphatic rings. The lowest BCUT2D eigenvalue weighted by atomic mass is 10.2. The number of halogens is 3. The minimum Gasteiger partial charge on any atom is -0.369 e. The predicted octanol–water partition coefficient (Wildman–Crippen LogP) is 2.24. The summed E-state index contributed by atoms with van der Waals surface area (Å²) in [4.78, 5) is 17.6. The van der Waals surface area contributed by atoms with Crippen LogP contribution in [0.2, 0.25) is 0 Å². The van der Waals surface area contributed by atoms with Gasteiger partial charge < -0.3 is 9.72 Å². The Labute approximate surface area is 87.0 Å². The third kappa shape index (κ3) is 2.13. The molecule has 0 unspecified atom stereocenters. The van der Waals surface area contributed by atoms with Crippen LogP contribution in [-0.2, 0) is 4.74 Å². The Bertz CT molecular complexity index is 533. The molecule has 0 aliphatic heterocycles. The Morgan fingerprint density at radius 2 is 2.19 bits per heavy atom. The van der Waals surface area contributed by atoms with Gasteiger partial charge >= 0.3 is 12.3 Å². The zero-order valence-corrected chi connectivity index (χ0v) is 7.71. The number of nitrogens with one attached hydrogen (secondary N) is 1. The van der Waals surface area contributed by atoms with Crippen molar-refractivity contribution in [1.29, 1.82) is 0 Å². The van der Waals surface area contributed by atoms with Crippen molar-refractivity contribution in [2.24, 2.45) is 0 Å². The van der Waals surface area contributed by atoms with Crippen LogP contribution < -0.4 is 0 Å². The number of aromatic nitrogens is 2. The first-order valence-electron chi connectivity index (χ1n) is 4.19. The molecule has 2 heterocycles. The maximum atomic E-state index is 11.8. The number of hydrogen-bond acceptors (Lipinski definition) is 3. The number of hydrogen-bond donors (Lipinski definition) is 1. The second-order valence-electron chi connectivity index (χ2n) is 2.97.